The van der Waals surface area contributed by atoms with Crippen LogP contribution >= 0.6 is 0 Å². The lowest BCUT2D eigenvalue weighted by Gasteiger charge is -2.09. The summed E-state index contributed by atoms with van der Waals surface area (Å²) in [4.78, 5) is 10.4. The fourth-order valence-electron chi connectivity index (χ4n) is 1.75. The third-order valence-corrected chi connectivity index (χ3v) is 2.75. The van der Waals surface area contributed by atoms with E-state index < -0.39 is 10.7 Å². The van der Waals surface area contributed by atoms with Gasteiger partial charge in [-0.3, -0.25) is 10.1 Å². The van der Waals surface area contributed by atoms with Crippen molar-refractivity contribution in [3.63, 3.8) is 0 Å². The van der Waals surface area contributed by atoms with Crippen LogP contribution in [-0.4, -0.2) is 12.0 Å². The first-order valence-electron chi connectivity index (χ1n) is 5.84. The van der Waals surface area contributed by atoms with E-state index in [0.717, 1.165) is 0 Å². The minimum atomic E-state index is -0.593. The van der Waals surface area contributed by atoms with Crippen LogP contribution in [-0.2, 0) is 0 Å². The highest BCUT2D eigenvalue weighted by molar-refractivity contribution is 5.71. The molecule has 0 saturated carbocycles. The minimum Gasteiger partial charge on any atom is -0.494 e. The molecular formula is C14H10FN3O3. The number of halogens is 1. The van der Waals surface area contributed by atoms with Gasteiger partial charge in [0.25, 0.3) is 5.69 Å². The van der Waals surface area contributed by atoms with Crippen molar-refractivity contribution < 1.29 is 14.1 Å². The Balaban J connectivity index is 2.40. The lowest BCUT2D eigenvalue weighted by molar-refractivity contribution is -0.383. The van der Waals surface area contributed by atoms with Gasteiger partial charge in [-0.25, -0.2) is 4.39 Å². The second-order valence-electron chi connectivity index (χ2n) is 4.08. The smallest absolute Gasteiger partial charge is 0.293 e. The van der Waals surface area contributed by atoms with E-state index in [1.807, 2.05) is 6.07 Å². The molecule has 0 saturated heterocycles. The molecule has 21 heavy (non-hydrogen) atoms. The molecule has 2 rings (SSSR count). The van der Waals surface area contributed by atoms with Gasteiger partial charge in [-0.2, -0.15) is 5.26 Å². The molecule has 2 aromatic rings. The van der Waals surface area contributed by atoms with E-state index in [1.54, 1.807) is 0 Å². The van der Waals surface area contributed by atoms with Gasteiger partial charge in [0.1, 0.15) is 5.69 Å². The van der Waals surface area contributed by atoms with Gasteiger partial charge in [0.05, 0.1) is 23.7 Å². The molecule has 2 aromatic carbocycles. The summed E-state index contributed by atoms with van der Waals surface area (Å²) in [6, 6.07) is 9.89. The highest BCUT2D eigenvalue weighted by atomic mass is 19.1. The second kappa shape index (κ2) is 5.88. The van der Waals surface area contributed by atoms with Crippen molar-refractivity contribution in [2.45, 2.75) is 0 Å². The number of nitrogens with zero attached hydrogens (tertiary/aromatic N) is 2. The molecule has 0 aromatic heterocycles. The van der Waals surface area contributed by atoms with Crippen LogP contribution in [0.2, 0.25) is 0 Å². The van der Waals surface area contributed by atoms with Gasteiger partial charge in [-0.05, 0) is 24.3 Å². The van der Waals surface area contributed by atoms with Gasteiger partial charge in [-0.15, -0.1) is 0 Å². The van der Waals surface area contributed by atoms with E-state index in [0.29, 0.717) is 5.69 Å². The average molecular weight is 287 g/mol. The molecule has 0 bridgehead atoms. The molecule has 106 valence electrons. The summed E-state index contributed by atoms with van der Waals surface area (Å²) in [6.45, 7) is 0. The molecule has 0 unspecified atom stereocenters. The van der Waals surface area contributed by atoms with Crippen LogP contribution < -0.4 is 10.1 Å². The van der Waals surface area contributed by atoms with Crippen molar-refractivity contribution in [2.24, 2.45) is 0 Å². The number of nitrogens with one attached hydrogen (secondary N) is 1. The molecule has 0 spiro atoms. The molecule has 0 aliphatic rings. The number of ether oxygens (including phenoxy) is 1. The lowest BCUT2D eigenvalue weighted by Crippen LogP contribution is -1.98. The number of methoxy groups -OCH3 is 1. The molecule has 7 heteroatoms. The van der Waals surface area contributed by atoms with Crippen molar-refractivity contribution in [3.05, 3.63) is 57.9 Å². The molecule has 0 fully saturated rings. The zero-order valence-electron chi connectivity index (χ0n) is 11.0. The van der Waals surface area contributed by atoms with Crippen molar-refractivity contribution in [2.75, 3.05) is 12.4 Å². The first kappa shape index (κ1) is 14.3. The van der Waals surface area contributed by atoms with Crippen LogP contribution in [0.15, 0.2) is 36.4 Å². The van der Waals surface area contributed by atoms with Crippen LogP contribution in [0.25, 0.3) is 0 Å². The topological polar surface area (TPSA) is 88.2 Å². The van der Waals surface area contributed by atoms with E-state index >= 15 is 0 Å². The van der Waals surface area contributed by atoms with Crippen LogP contribution in [0.4, 0.5) is 21.5 Å². The number of rotatable bonds is 4. The lowest BCUT2D eigenvalue weighted by atomic mass is 10.2. The molecular weight excluding hydrogens is 277 g/mol. The van der Waals surface area contributed by atoms with Crippen LogP contribution in [0.3, 0.4) is 0 Å². The standard InChI is InChI=1S/C14H10FN3O3/c1-21-14-7-10(3-4-11(14)15)17-12-5-2-9(8-16)6-13(12)18(19)20/h2-7,17H,1H3. The molecule has 0 aliphatic carbocycles. The Morgan fingerprint density at radius 3 is 2.71 bits per heavy atom. The molecule has 0 atom stereocenters. The van der Waals surface area contributed by atoms with Crippen molar-refractivity contribution in [3.8, 4) is 11.8 Å². The average Bonchev–Trinajstić information content (AvgIpc) is 2.49. The maximum absolute atomic E-state index is 13.3. The van der Waals surface area contributed by atoms with E-state index in [-0.39, 0.29) is 22.7 Å². The van der Waals surface area contributed by atoms with Gasteiger partial charge in [0.2, 0.25) is 0 Å². The van der Waals surface area contributed by atoms with Gasteiger partial charge in [-0.1, -0.05) is 0 Å². The van der Waals surface area contributed by atoms with Crippen molar-refractivity contribution in [1.29, 1.82) is 5.26 Å². The van der Waals surface area contributed by atoms with E-state index in [4.69, 9.17) is 10.00 Å². The monoisotopic (exact) mass is 287 g/mol. The maximum atomic E-state index is 13.3. The van der Waals surface area contributed by atoms with Crippen molar-refractivity contribution >= 4 is 17.1 Å². The predicted octanol–water partition coefficient (Wildman–Crippen LogP) is 3.36. The number of nitriles is 1. The van der Waals surface area contributed by atoms with Gasteiger partial charge >= 0.3 is 0 Å². The zero-order chi connectivity index (χ0) is 15.4. The fraction of sp³-hybridized carbons (Fsp3) is 0.0714. The molecule has 0 aliphatic heterocycles. The number of benzene rings is 2. The van der Waals surface area contributed by atoms with Crippen molar-refractivity contribution in [1.82, 2.24) is 0 Å². The van der Waals surface area contributed by atoms with Crippen LogP contribution in [0.5, 0.6) is 5.75 Å². The summed E-state index contributed by atoms with van der Waals surface area (Å²) in [5.74, 6) is -0.506. The third-order valence-electron chi connectivity index (χ3n) is 2.75. The maximum Gasteiger partial charge on any atom is 0.293 e. The quantitative estimate of drug-likeness (QED) is 0.688. The number of nitro benzene ring substituents is 1. The SMILES string of the molecule is COc1cc(Nc2ccc(C#N)cc2[N+](=O)[O-])ccc1F. The Bertz CT molecular complexity index is 741. The van der Waals surface area contributed by atoms with Crippen LogP contribution in [0.1, 0.15) is 5.56 Å². The Kier molecular flexibility index (Phi) is 4.00. The third kappa shape index (κ3) is 3.06. The summed E-state index contributed by atoms with van der Waals surface area (Å²) in [7, 11) is 1.33. The summed E-state index contributed by atoms with van der Waals surface area (Å²) in [5.41, 5.74) is 0.579. The Hall–Kier alpha value is -3.14. The van der Waals surface area contributed by atoms with E-state index in [1.165, 1.54) is 43.5 Å². The number of nitro groups is 1. The number of hydrogen-bond donors (Lipinski definition) is 1. The Labute approximate surface area is 119 Å². The summed E-state index contributed by atoms with van der Waals surface area (Å²) in [6.07, 6.45) is 0. The molecule has 0 radical (unpaired) electrons. The molecule has 1 N–H and O–H groups in total. The Morgan fingerprint density at radius 1 is 1.33 bits per heavy atom. The second-order valence-corrected chi connectivity index (χ2v) is 4.08. The van der Waals surface area contributed by atoms with E-state index in [9.17, 15) is 14.5 Å². The summed E-state index contributed by atoms with van der Waals surface area (Å²) in [5, 5.41) is 22.6. The van der Waals surface area contributed by atoms with Crippen LogP contribution in [0, 0.1) is 27.3 Å². The normalized spacial score (nSPS) is 9.76. The predicted molar refractivity (Wildman–Crippen MR) is 74.0 cm³/mol. The molecule has 6 nitrogen and oxygen atoms in total. The minimum absolute atomic E-state index is 0.0244. The Morgan fingerprint density at radius 2 is 2.10 bits per heavy atom. The van der Waals surface area contributed by atoms with Gasteiger partial charge in [0, 0.05) is 17.8 Å². The summed E-state index contributed by atoms with van der Waals surface area (Å²) < 4.78 is 18.2. The number of anilines is 2. The molecule has 0 amide bonds. The highest BCUT2D eigenvalue weighted by Gasteiger charge is 2.15. The first-order chi connectivity index (χ1) is 10.0. The summed E-state index contributed by atoms with van der Waals surface area (Å²) >= 11 is 0. The van der Waals surface area contributed by atoms with Gasteiger partial charge in [0.15, 0.2) is 11.6 Å². The zero-order valence-corrected chi connectivity index (χ0v) is 11.0. The highest BCUT2D eigenvalue weighted by Crippen LogP contribution is 2.30. The van der Waals surface area contributed by atoms with E-state index in [2.05, 4.69) is 5.32 Å². The number of hydrogen-bond acceptors (Lipinski definition) is 5. The first-order valence-corrected chi connectivity index (χ1v) is 5.84. The molecule has 0 heterocycles. The largest absolute Gasteiger partial charge is 0.494 e. The van der Waals surface area contributed by atoms with Gasteiger partial charge < -0.3 is 10.1 Å². The fourth-order valence-corrected chi connectivity index (χ4v) is 1.75.